The molecule has 2 N–H and O–H groups in total. The predicted molar refractivity (Wildman–Crippen MR) is 60.8 cm³/mol. The molecule has 0 radical (unpaired) electrons. The highest BCUT2D eigenvalue weighted by molar-refractivity contribution is 7.80. The Bertz CT molecular complexity index is 154. The van der Waals surface area contributed by atoms with E-state index in [-0.39, 0.29) is 6.61 Å². The van der Waals surface area contributed by atoms with Crippen molar-refractivity contribution in [3.05, 3.63) is 0 Å². The molecule has 2 unspecified atom stereocenters. The summed E-state index contributed by atoms with van der Waals surface area (Å²) >= 11 is 4.05. The number of aliphatic hydroxyl groups is 2. The van der Waals surface area contributed by atoms with Gasteiger partial charge in [0.05, 0.1) is 0 Å². The lowest BCUT2D eigenvalue weighted by molar-refractivity contribution is 0.148. The molecule has 0 heterocycles. The van der Waals surface area contributed by atoms with E-state index in [2.05, 4.69) is 12.6 Å². The molecule has 6 heteroatoms. The van der Waals surface area contributed by atoms with E-state index < -0.39 is 19.8 Å². The molecule has 2 atom stereocenters. The second-order valence-electron chi connectivity index (χ2n) is 3.51. The second-order valence-corrected chi connectivity index (χ2v) is 6.92. The van der Waals surface area contributed by atoms with Crippen LogP contribution in [0.4, 0.5) is 0 Å². The van der Waals surface area contributed by atoms with E-state index in [4.69, 9.17) is 14.0 Å². The third kappa shape index (κ3) is 3.52. The molecule has 0 spiro atoms. The monoisotopic (exact) mass is 240 g/mol. The summed E-state index contributed by atoms with van der Waals surface area (Å²) in [5.74, 6) is 0. The highest BCUT2D eigenvalue weighted by Gasteiger charge is 2.42. The van der Waals surface area contributed by atoms with Crippen molar-refractivity contribution in [3.63, 3.8) is 0 Å². The first-order valence-electron chi connectivity index (χ1n) is 4.55. The maximum atomic E-state index is 9.59. The largest absolute Gasteiger partial charge is 0.400 e. The average Bonchev–Trinajstić information content (AvgIpc) is 2.16. The van der Waals surface area contributed by atoms with Crippen molar-refractivity contribution in [2.24, 2.45) is 0 Å². The zero-order chi connectivity index (χ0) is 11.2. The zero-order valence-electron chi connectivity index (χ0n) is 8.93. The molecule has 0 aliphatic carbocycles. The number of hydrogen-bond acceptors (Lipinski definition) is 5. The Balaban J connectivity index is 4.50. The van der Waals surface area contributed by atoms with E-state index in [1.54, 1.807) is 14.2 Å². The summed E-state index contributed by atoms with van der Waals surface area (Å²) in [5.41, 5.74) is -0.786. The minimum atomic E-state index is -1.95. The molecule has 0 aromatic heterocycles. The fourth-order valence-corrected chi connectivity index (χ4v) is 3.91. The van der Waals surface area contributed by atoms with E-state index in [1.807, 2.05) is 6.92 Å². The Morgan fingerprint density at radius 2 is 1.93 bits per heavy atom. The maximum absolute atomic E-state index is 9.59. The fraction of sp³-hybridized carbons (Fsp3) is 1.00. The van der Waals surface area contributed by atoms with Crippen LogP contribution in [-0.2, 0) is 8.85 Å². The van der Waals surface area contributed by atoms with Crippen LogP contribution in [0.3, 0.4) is 0 Å². The number of aliphatic hydroxyl groups excluding tert-OH is 2. The fourth-order valence-electron chi connectivity index (χ4n) is 1.46. The van der Waals surface area contributed by atoms with Gasteiger partial charge in [0.15, 0.2) is 0 Å². The minimum Gasteiger partial charge on any atom is -0.400 e. The van der Waals surface area contributed by atoms with E-state index >= 15 is 0 Å². The molecule has 4 nitrogen and oxygen atoms in total. The summed E-state index contributed by atoms with van der Waals surface area (Å²) in [6.07, 6.45) is 1.26. The topological polar surface area (TPSA) is 58.9 Å². The van der Waals surface area contributed by atoms with E-state index in [0.717, 1.165) is 0 Å². The summed E-state index contributed by atoms with van der Waals surface area (Å²) in [7, 11) is 1.21. The number of hydrogen-bond donors (Lipinski definition) is 3. The minimum absolute atomic E-state index is 0.102. The molecule has 0 aromatic carbocycles. The van der Waals surface area contributed by atoms with Gasteiger partial charge in [0.25, 0.3) is 0 Å². The van der Waals surface area contributed by atoms with E-state index in [9.17, 15) is 5.11 Å². The van der Waals surface area contributed by atoms with Crippen molar-refractivity contribution in [1.29, 1.82) is 0 Å². The molecule has 0 amide bonds. The van der Waals surface area contributed by atoms with Crippen LogP contribution in [0.15, 0.2) is 0 Å². The third-order valence-electron chi connectivity index (χ3n) is 2.43. The Kier molecular flexibility index (Phi) is 7.01. The van der Waals surface area contributed by atoms with Crippen LogP contribution in [0.25, 0.3) is 0 Å². The van der Waals surface area contributed by atoms with Crippen LogP contribution in [0.2, 0.25) is 5.04 Å². The van der Waals surface area contributed by atoms with E-state index in [1.165, 1.54) is 0 Å². The summed E-state index contributed by atoms with van der Waals surface area (Å²) in [4.78, 5) is 0. The molecular formula is C8H20O4SSi. The van der Waals surface area contributed by atoms with Gasteiger partial charge in [-0.05, 0) is 12.8 Å². The summed E-state index contributed by atoms with van der Waals surface area (Å²) < 4.78 is 10.5. The third-order valence-corrected chi connectivity index (χ3v) is 5.84. The Hall–Kier alpha value is 0.407. The van der Waals surface area contributed by atoms with Gasteiger partial charge < -0.3 is 19.1 Å². The van der Waals surface area contributed by atoms with E-state index in [0.29, 0.717) is 12.8 Å². The van der Waals surface area contributed by atoms with Gasteiger partial charge in [0.2, 0.25) is 0 Å². The first kappa shape index (κ1) is 14.4. The number of rotatable bonds is 7. The highest BCUT2D eigenvalue weighted by atomic mass is 32.1. The lowest BCUT2D eigenvalue weighted by atomic mass is 10.1. The summed E-state index contributed by atoms with van der Waals surface area (Å²) in [6.45, 7) is 1.98. The standard InChI is InChI=1S/C8H20O4SSi/c1-8(7(10)13,5-4-6-9)14(11-2)12-3/h7,9-10,13-14H,4-6H2,1-3H3. The lowest BCUT2D eigenvalue weighted by Gasteiger charge is -2.35. The lowest BCUT2D eigenvalue weighted by Crippen LogP contribution is -2.41. The van der Waals surface area contributed by atoms with Gasteiger partial charge in [-0.25, -0.2) is 0 Å². The highest BCUT2D eigenvalue weighted by Crippen LogP contribution is 2.40. The first-order chi connectivity index (χ1) is 6.52. The van der Waals surface area contributed by atoms with Gasteiger partial charge in [-0.1, -0.05) is 6.92 Å². The quantitative estimate of drug-likeness (QED) is 0.340. The van der Waals surface area contributed by atoms with Crippen molar-refractivity contribution >= 4 is 21.9 Å². The SMILES string of the molecule is CO[SiH](OC)C(C)(CCCO)C(O)S. The molecule has 0 aromatic rings. The van der Waals surface area contributed by atoms with Gasteiger partial charge in [-0.15, -0.1) is 12.6 Å². The molecule has 0 rings (SSSR count). The average molecular weight is 240 g/mol. The van der Waals surface area contributed by atoms with Crippen LogP contribution in [0, 0.1) is 0 Å². The van der Waals surface area contributed by atoms with Crippen LogP contribution in [-0.4, -0.2) is 45.8 Å². The van der Waals surface area contributed by atoms with Gasteiger partial charge in [-0.2, -0.15) is 0 Å². The predicted octanol–water partition coefficient (Wildman–Crippen LogP) is 0.281. The summed E-state index contributed by atoms with van der Waals surface area (Å²) in [5, 5.41) is 17.9. The van der Waals surface area contributed by atoms with Crippen molar-refractivity contribution in [1.82, 2.24) is 0 Å². The van der Waals surface area contributed by atoms with Gasteiger partial charge in [0.1, 0.15) is 5.44 Å². The van der Waals surface area contributed by atoms with Crippen molar-refractivity contribution in [2.75, 3.05) is 20.8 Å². The molecule has 0 saturated carbocycles. The van der Waals surface area contributed by atoms with Crippen LogP contribution in [0.5, 0.6) is 0 Å². The normalized spacial score (nSPS) is 18.2. The Labute approximate surface area is 92.5 Å². The van der Waals surface area contributed by atoms with Crippen LogP contribution in [0.1, 0.15) is 19.8 Å². The Morgan fingerprint density at radius 1 is 1.43 bits per heavy atom. The van der Waals surface area contributed by atoms with Gasteiger partial charge in [0, 0.05) is 25.9 Å². The first-order valence-corrected chi connectivity index (χ1v) is 6.59. The van der Waals surface area contributed by atoms with Crippen molar-refractivity contribution in [2.45, 2.75) is 30.2 Å². The molecule has 0 saturated heterocycles. The van der Waals surface area contributed by atoms with Gasteiger partial charge >= 0.3 is 9.28 Å². The maximum Gasteiger partial charge on any atom is 0.330 e. The van der Waals surface area contributed by atoms with Crippen LogP contribution >= 0.6 is 12.6 Å². The second kappa shape index (κ2) is 6.81. The molecule has 86 valence electrons. The van der Waals surface area contributed by atoms with Gasteiger partial charge in [-0.3, -0.25) is 0 Å². The zero-order valence-corrected chi connectivity index (χ0v) is 11.0. The summed E-state index contributed by atoms with van der Waals surface area (Å²) in [6, 6.07) is 0. The molecule has 0 bridgehead atoms. The molecule has 0 aliphatic heterocycles. The molecule has 14 heavy (non-hydrogen) atoms. The molecule has 0 aliphatic rings. The molecule has 0 fully saturated rings. The number of thiol groups is 1. The Morgan fingerprint density at radius 3 is 2.21 bits per heavy atom. The van der Waals surface area contributed by atoms with Crippen molar-refractivity contribution < 1.29 is 19.1 Å². The smallest absolute Gasteiger partial charge is 0.330 e. The van der Waals surface area contributed by atoms with Crippen molar-refractivity contribution in [3.8, 4) is 0 Å². The van der Waals surface area contributed by atoms with Crippen LogP contribution < -0.4 is 0 Å². The molecular weight excluding hydrogens is 220 g/mol.